The van der Waals surface area contributed by atoms with E-state index in [9.17, 15) is 13.2 Å². The summed E-state index contributed by atoms with van der Waals surface area (Å²) in [4.78, 5) is 13.3. The van der Waals surface area contributed by atoms with Gasteiger partial charge in [-0.3, -0.25) is 9.10 Å². The maximum Gasteiger partial charge on any atom is 0.264 e. The molecular formula is C27H30N2O5S. The second-order valence-electron chi connectivity index (χ2n) is 8.74. The molecule has 8 heteroatoms. The summed E-state index contributed by atoms with van der Waals surface area (Å²) in [7, 11) is -3.98. The van der Waals surface area contributed by atoms with E-state index >= 15 is 0 Å². The first kappa shape index (κ1) is 24.6. The Hall–Kier alpha value is -3.52. The molecule has 3 aromatic rings. The van der Waals surface area contributed by atoms with Crippen LogP contribution in [0.15, 0.2) is 65.6 Å². The van der Waals surface area contributed by atoms with Crippen molar-refractivity contribution < 1.29 is 22.7 Å². The second-order valence-corrected chi connectivity index (χ2v) is 10.6. The Morgan fingerprint density at radius 1 is 0.971 bits per heavy atom. The minimum atomic E-state index is -3.98. The van der Waals surface area contributed by atoms with Gasteiger partial charge in [0, 0.05) is 0 Å². The van der Waals surface area contributed by atoms with Crippen LogP contribution in [0.3, 0.4) is 0 Å². The smallest absolute Gasteiger partial charge is 0.264 e. The third-order valence-corrected chi connectivity index (χ3v) is 7.96. The summed E-state index contributed by atoms with van der Waals surface area (Å²) in [5, 5.41) is 2.93. The predicted octanol–water partition coefficient (Wildman–Crippen LogP) is 4.46. The molecule has 1 heterocycles. The second kappa shape index (κ2) is 10.00. The fourth-order valence-electron chi connectivity index (χ4n) is 3.97. The molecule has 1 aliphatic heterocycles. The molecule has 1 atom stereocenters. The number of aryl methyl sites for hydroxylation is 2. The molecule has 0 fully saturated rings. The lowest BCUT2D eigenvalue weighted by Crippen LogP contribution is -2.42. The number of carbonyl (C=O) groups is 1. The first-order valence-corrected chi connectivity index (χ1v) is 13.0. The highest BCUT2D eigenvalue weighted by Gasteiger charge is 2.29. The number of hydrogen-bond acceptors (Lipinski definition) is 5. The molecule has 1 N–H and O–H groups in total. The van der Waals surface area contributed by atoms with Gasteiger partial charge in [0.2, 0.25) is 5.91 Å². The Bertz CT molecular complexity index is 1340. The van der Waals surface area contributed by atoms with E-state index < -0.39 is 15.9 Å². The van der Waals surface area contributed by atoms with E-state index in [0.29, 0.717) is 30.4 Å². The summed E-state index contributed by atoms with van der Waals surface area (Å²) in [6, 6.07) is 17.2. The topological polar surface area (TPSA) is 84.9 Å². The molecule has 7 nitrogen and oxygen atoms in total. The number of hydrogen-bond donors (Lipinski definition) is 1. The van der Waals surface area contributed by atoms with Crippen LogP contribution in [0.2, 0.25) is 0 Å². The van der Waals surface area contributed by atoms with Crippen LogP contribution < -0.4 is 19.1 Å². The van der Waals surface area contributed by atoms with Crippen LogP contribution in [0.4, 0.5) is 5.69 Å². The van der Waals surface area contributed by atoms with Crippen molar-refractivity contribution >= 4 is 21.6 Å². The summed E-state index contributed by atoms with van der Waals surface area (Å²) in [6.45, 7) is 8.14. The molecule has 184 valence electrons. The summed E-state index contributed by atoms with van der Waals surface area (Å²) < 4.78 is 39.7. The molecule has 0 spiro atoms. The van der Waals surface area contributed by atoms with Gasteiger partial charge in [-0.1, -0.05) is 35.9 Å². The lowest BCUT2D eigenvalue weighted by atomic mass is 10.1. The van der Waals surface area contributed by atoms with E-state index in [1.807, 2.05) is 52.0 Å². The van der Waals surface area contributed by atoms with E-state index in [1.165, 1.54) is 4.31 Å². The largest absolute Gasteiger partial charge is 0.486 e. The molecule has 0 aliphatic carbocycles. The van der Waals surface area contributed by atoms with Crippen molar-refractivity contribution in [1.82, 2.24) is 5.32 Å². The molecule has 0 bridgehead atoms. The minimum absolute atomic E-state index is 0.136. The normalized spacial score (nSPS) is 13.7. The van der Waals surface area contributed by atoms with Crippen molar-refractivity contribution in [2.75, 3.05) is 24.1 Å². The molecule has 3 aromatic carbocycles. The molecule has 4 rings (SSSR count). The molecule has 0 saturated carbocycles. The van der Waals surface area contributed by atoms with Gasteiger partial charge in [-0.25, -0.2) is 8.42 Å². The Kier molecular flexibility index (Phi) is 7.03. The number of ether oxygens (including phenoxy) is 2. The third kappa shape index (κ3) is 5.27. The average Bonchev–Trinajstić information content (AvgIpc) is 2.84. The zero-order valence-electron chi connectivity index (χ0n) is 20.4. The Labute approximate surface area is 206 Å². The van der Waals surface area contributed by atoms with Gasteiger partial charge in [-0.15, -0.1) is 0 Å². The summed E-state index contributed by atoms with van der Waals surface area (Å²) in [5.74, 6) is 0.890. The lowest BCUT2D eigenvalue weighted by Gasteiger charge is -2.27. The lowest BCUT2D eigenvalue weighted by molar-refractivity contribution is -0.120. The number of carbonyl (C=O) groups excluding carboxylic acids is 1. The highest BCUT2D eigenvalue weighted by Crippen LogP contribution is 2.33. The standard InChI is InChI=1S/C27H30N2O5S/c1-18-8-11-23(12-9-18)35(31,32)29(24-7-5-6-19(2)20(24)3)17-27(30)28-21(4)22-10-13-25-26(16-22)34-15-14-33-25/h5-13,16,21H,14-15,17H2,1-4H3,(H,28,30)/t21-/m0/s1. The monoisotopic (exact) mass is 494 g/mol. The van der Waals surface area contributed by atoms with Crippen molar-refractivity contribution in [2.24, 2.45) is 0 Å². The Morgan fingerprint density at radius 3 is 2.37 bits per heavy atom. The molecular weight excluding hydrogens is 464 g/mol. The Balaban J connectivity index is 1.61. The quantitative estimate of drug-likeness (QED) is 0.524. The first-order chi connectivity index (χ1) is 16.7. The molecule has 0 radical (unpaired) electrons. The van der Waals surface area contributed by atoms with Crippen LogP contribution in [0, 0.1) is 20.8 Å². The SMILES string of the molecule is Cc1ccc(S(=O)(=O)N(CC(=O)N[C@@H](C)c2ccc3c(c2)OCCO3)c2cccc(C)c2C)cc1. The first-order valence-electron chi connectivity index (χ1n) is 11.5. The van der Waals surface area contributed by atoms with Gasteiger partial charge in [-0.05, 0) is 74.7 Å². The third-order valence-electron chi connectivity index (χ3n) is 6.18. The van der Waals surface area contributed by atoms with Crippen molar-refractivity contribution in [3.63, 3.8) is 0 Å². The van der Waals surface area contributed by atoms with Gasteiger partial charge in [-0.2, -0.15) is 0 Å². The van der Waals surface area contributed by atoms with Crippen molar-refractivity contribution in [3.8, 4) is 11.5 Å². The Morgan fingerprint density at radius 2 is 1.66 bits per heavy atom. The fraction of sp³-hybridized carbons (Fsp3) is 0.296. The molecule has 0 unspecified atom stereocenters. The fourth-order valence-corrected chi connectivity index (χ4v) is 5.45. The number of sulfonamides is 1. The molecule has 0 saturated heterocycles. The number of fused-ring (bicyclic) bond motifs is 1. The zero-order chi connectivity index (χ0) is 25.2. The number of amides is 1. The van der Waals surface area contributed by atoms with Crippen LogP contribution in [0.25, 0.3) is 0 Å². The van der Waals surface area contributed by atoms with Gasteiger partial charge >= 0.3 is 0 Å². The van der Waals surface area contributed by atoms with E-state index in [4.69, 9.17) is 9.47 Å². The number of benzene rings is 3. The van der Waals surface area contributed by atoms with Crippen molar-refractivity contribution in [3.05, 3.63) is 82.9 Å². The van der Waals surface area contributed by atoms with Crippen LogP contribution in [-0.4, -0.2) is 34.1 Å². The van der Waals surface area contributed by atoms with Gasteiger partial charge in [0.25, 0.3) is 10.0 Å². The van der Waals surface area contributed by atoms with Gasteiger partial charge in [0.05, 0.1) is 16.6 Å². The number of nitrogens with zero attached hydrogens (tertiary/aromatic N) is 1. The molecule has 35 heavy (non-hydrogen) atoms. The molecule has 1 aliphatic rings. The van der Waals surface area contributed by atoms with Gasteiger partial charge < -0.3 is 14.8 Å². The van der Waals surface area contributed by atoms with Crippen LogP contribution in [0.5, 0.6) is 11.5 Å². The summed E-state index contributed by atoms with van der Waals surface area (Å²) >= 11 is 0. The predicted molar refractivity (Wildman–Crippen MR) is 136 cm³/mol. The summed E-state index contributed by atoms with van der Waals surface area (Å²) in [6.07, 6.45) is 0. The maximum absolute atomic E-state index is 13.7. The highest BCUT2D eigenvalue weighted by molar-refractivity contribution is 7.92. The van der Waals surface area contributed by atoms with E-state index in [-0.39, 0.29) is 17.5 Å². The van der Waals surface area contributed by atoms with Crippen molar-refractivity contribution in [2.45, 2.75) is 38.6 Å². The number of rotatable bonds is 7. The molecule has 0 aromatic heterocycles. The average molecular weight is 495 g/mol. The zero-order valence-corrected chi connectivity index (χ0v) is 21.2. The number of anilines is 1. The molecule has 1 amide bonds. The maximum atomic E-state index is 13.7. The summed E-state index contributed by atoms with van der Waals surface area (Å²) in [5.41, 5.74) is 4.01. The van der Waals surface area contributed by atoms with Crippen LogP contribution in [0.1, 0.15) is 35.2 Å². The van der Waals surface area contributed by atoms with Crippen LogP contribution in [-0.2, 0) is 14.8 Å². The van der Waals surface area contributed by atoms with Gasteiger partial charge in [0.15, 0.2) is 11.5 Å². The van der Waals surface area contributed by atoms with Crippen LogP contribution >= 0.6 is 0 Å². The van der Waals surface area contributed by atoms with Gasteiger partial charge in [0.1, 0.15) is 19.8 Å². The highest BCUT2D eigenvalue weighted by atomic mass is 32.2. The van der Waals surface area contributed by atoms with E-state index in [0.717, 1.165) is 22.3 Å². The minimum Gasteiger partial charge on any atom is -0.486 e. The van der Waals surface area contributed by atoms with E-state index in [1.54, 1.807) is 36.4 Å². The van der Waals surface area contributed by atoms with E-state index in [2.05, 4.69) is 5.32 Å². The number of nitrogens with one attached hydrogen (secondary N) is 1. The van der Waals surface area contributed by atoms with Crippen molar-refractivity contribution in [1.29, 1.82) is 0 Å².